The van der Waals surface area contributed by atoms with Gasteiger partial charge in [0.2, 0.25) is 0 Å². The molecule has 0 saturated carbocycles. The van der Waals surface area contributed by atoms with E-state index in [0.29, 0.717) is 12.1 Å². The van der Waals surface area contributed by atoms with Gasteiger partial charge in [-0.3, -0.25) is 4.90 Å². The summed E-state index contributed by atoms with van der Waals surface area (Å²) in [5.41, 5.74) is 0.186. The van der Waals surface area contributed by atoms with Crippen molar-refractivity contribution in [2.24, 2.45) is 0 Å². The van der Waals surface area contributed by atoms with E-state index in [1.807, 2.05) is 6.92 Å². The van der Waals surface area contributed by atoms with Gasteiger partial charge in [0.05, 0.1) is 11.7 Å². The predicted octanol–water partition coefficient (Wildman–Crippen LogP) is 2.28. The first-order valence-corrected chi connectivity index (χ1v) is 8.99. The average molecular weight is 285 g/mol. The van der Waals surface area contributed by atoms with Crippen LogP contribution in [0.3, 0.4) is 0 Å². The van der Waals surface area contributed by atoms with Gasteiger partial charge in [0.15, 0.2) is 0 Å². The van der Waals surface area contributed by atoms with Crippen molar-refractivity contribution in [2.45, 2.75) is 69.2 Å². The Bertz CT molecular complexity index is 305. The van der Waals surface area contributed by atoms with Crippen LogP contribution in [0.5, 0.6) is 0 Å². The Hall–Kier alpha value is 0.230. The molecule has 110 valence electrons. The van der Waals surface area contributed by atoms with Crippen molar-refractivity contribution < 1.29 is 9.84 Å². The number of hydrogen-bond acceptors (Lipinski definition) is 4. The standard InChI is InChI=1S/C15H27NO2S/c1-12(17)9-13-3-2-6-16(13)14-4-7-18-15(10-14)5-8-19-11-15/h12-14,17H,2-11H2,1H3. The molecule has 0 amide bonds. The van der Waals surface area contributed by atoms with Crippen molar-refractivity contribution in [3.63, 3.8) is 0 Å². The summed E-state index contributed by atoms with van der Waals surface area (Å²) < 4.78 is 6.14. The number of aliphatic hydroxyl groups is 1. The van der Waals surface area contributed by atoms with Crippen LogP contribution in [0.15, 0.2) is 0 Å². The maximum Gasteiger partial charge on any atom is 0.0795 e. The van der Waals surface area contributed by atoms with Gasteiger partial charge in [0.1, 0.15) is 0 Å². The van der Waals surface area contributed by atoms with Gasteiger partial charge in [0, 0.05) is 24.4 Å². The molecule has 3 aliphatic rings. The summed E-state index contributed by atoms with van der Waals surface area (Å²) in [6, 6.07) is 1.30. The highest BCUT2D eigenvalue weighted by Crippen LogP contribution is 2.41. The molecule has 1 N–H and O–H groups in total. The number of thioether (sulfide) groups is 1. The van der Waals surface area contributed by atoms with Crippen LogP contribution in [0.25, 0.3) is 0 Å². The lowest BCUT2D eigenvalue weighted by Gasteiger charge is -2.43. The fourth-order valence-electron chi connectivity index (χ4n) is 4.13. The van der Waals surface area contributed by atoms with E-state index in [1.165, 1.54) is 50.2 Å². The van der Waals surface area contributed by atoms with Crippen LogP contribution in [-0.4, -0.2) is 58.5 Å². The highest BCUT2D eigenvalue weighted by molar-refractivity contribution is 7.99. The predicted molar refractivity (Wildman–Crippen MR) is 79.7 cm³/mol. The maximum absolute atomic E-state index is 9.68. The molecule has 0 bridgehead atoms. The molecule has 1 spiro atoms. The molecular weight excluding hydrogens is 258 g/mol. The second-order valence-electron chi connectivity index (χ2n) is 6.60. The van der Waals surface area contributed by atoms with Crippen molar-refractivity contribution in [2.75, 3.05) is 24.7 Å². The SMILES string of the molecule is CC(O)CC1CCCN1C1CCOC2(CCSC2)C1. The molecule has 0 aromatic heterocycles. The molecule has 3 heterocycles. The van der Waals surface area contributed by atoms with Crippen molar-refractivity contribution in [3.8, 4) is 0 Å². The lowest BCUT2D eigenvalue weighted by molar-refractivity contribution is -0.0925. The van der Waals surface area contributed by atoms with Gasteiger partial charge in [-0.15, -0.1) is 0 Å². The van der Waals surface area contributed by atoms with E-state index in [1.54, 1.807) is 0 Å². The molecule has 0 radical (unpaired) electrons. The summed E-state index contributed by atoms with van der Waals surface area (Å²) >= 11 is 2.05. The van der Waals surface area contributed by atoms with Gasteiger partial charge >= 0.3 is 0 Å². The Morgan fingerprint density at radius 1 is 1.47 bits per heavy atom. The molecule has 3 nitrogen and oxygen atoms in total. The van der Waals surface area contributed by atoms with Crippen molar-refractivity contribution in [3.05, 3.63) is 0 Å². The number of rotatable bonds is 3. The van der Waals surface area contributed by atoms with Crippen LogP contribution in [0.2, 0.25) is 0 Å². The van der Waals surface area contributed by atoms with Gasteiger partial charge in [-0.25, -0.2) is 0 Å². The molecule has 3 rings (SSSR count). The fourth-order valence-corrected chi connectivity index (χ4v) is 5.51. The Labute approximate surface area is 121 Å². The monoisotopic (exact) mass is 285 g/mol. The minimum atomic E-state index is -0.165. The van der Waals surface area contributed by atoms with E-state index >= 15 is 0 Å². The first kappa shape index (κ1) is 14.2. The fraction of sp³-hybridized carbons (Fsp3) is 1.00. The average Bonchev–Trinajstić information content (AvgIpc) is 2.99. The topological polar surface area (TPSA) is 32.7 Å². The smallest absolute Gasteiger partial charge is 0.0795 e. The number of likely N-dealkylation sites (tertiary alicyclic amines) is 1. The van der Waals surface area contributed by atoms with E-state index in [9.17, 15) is 5.11 Å². The highest BCUT2D eigenvalue weighted by Gasteiger charge is 2.43. The zero-order valence-corrected chi connectivity index (χ0v) is 12.8. The van der Waals surface area contributed by atoms with Crippen molar-refractivity contribution in [1.29, 1.82) is 0 Å². The number of hydrogen-bond donors (Lipinski definition) is 1. The Morgan fingerprint density at radius 3 is 3.11 bits per heavy atom. The molecule has 0 aromatic rings. The van der Waals surface area contributed by atoms with E-state index in [0.717, 1.165) is 13.0 Å². The summed E-state index contributed by atoms with van der Waals surface area (Å²) in [6.45, 7) is 4.09. The zero-order valence-electron chi connectivity index (χ0n) is 12.0. The molecule has 4 heteroatoms. The maximum atomic E-state index is 9.68. The number of nitrogens with zero attached hydrogens (tertiary/aromatic N) is 1. The molecule has 19 heavy (non-hydrogen) atoms. The Morgan fingerprint density at radius 2 is 2.37 bits per heavy atom. The number of aliphatic hydroxyl groups excluding tert-OH is 1. The lowest BCUT2D eigenvalue weighted by atomic mass is 9.88. The zero-order chi connectivity index (χ0) is 13.3. The van der Waals surface area contributed by atoms with Crippen LogP contribution in [0.1, 0.15) is 45.4 Å². The summed E-state index contributed by atoms with van der Waals surface area (Å²) in [5.74, 6) is 2.46. The number of ether oxygens (including phenoxy) is 1. The lowest BCUT2D eigenvalue weighted by Crippen LogP contribution is -2.50. The van der Waals surface area contributed by atoms with E-state index in [4.69, 9.17) is 4.74 Å². The first-order valence-electron chi connectivity index (χ1n) is 7.84. The third-order valence-electron chi connectivity index (χ3n) is 5.04. The summed E-state index contributed by atoms with van der Waals surface area (Å²) in [6.07, 6.45) is 6.99. The minimum absolute atomic E-state index is 0.165. The minimum Gasteiger partial charge on any atom is -0.393 e. The second kappa shape index (κ2) is 5.92. The van der Waals surface area contributed by atoms with E-state index < -0.39 is 0 Å². The van der Waals surface area contributed by atoms with Crippen LogP contribution in [-0.2, 0) is 4.74 Å². The summed E-state index contributed by atoms with van der Waals surface area (Å²) in [5, 5.41) is 9.68. The van der Waals surface area contributed by atoms with Crippen LogP contribution in [0, 0.1) is 0 Å². The molecule has 0 aliphatic carbocycles. The van der Waals surface area contributed by atoms with Crippen LogP contribution in [0.4, 0.5) is 0 Å². The van der Waals surface area contributed by atoms with Crippen molar-refractivity contribution >= 4 is 11.8 Å². The molecule has 3 aliphatic heterocycles. The highest BCUT2D eigenvalue weighted by atomic mass is 32.2. The van der Waals surface area contributed by atoms with Gasteiger partial charge in [0.25, 0.3) is 0 Å². The summed E-state index contributed by atoms with van der Waals surface area (Å²) in [4.78, 5) is 2.69. The molecule has 3 saturated heterocycles. The summed E-state index contributed by atoms with van der Waals surface area (Å²) in [7, 11) is 0. The van der Waals surface area contributed by atoms with Crippen molar-refractivity contribution in [1.82, 2.24) is 4.90 Å². The van der Waals surface area contributed by atoms with E-state index in [-0.39, 0.29) is 11.7 Å². The second-order valence-corrected chi connectivity index (χ2v) is 7.70. The van der Waals surface area contributed by atoms with Gasteiger partial charge in [-0.2, -0.15) is 11.8 Å². The van der Waals surface area contributed by atoms with Crippen LogP contribution >= 0.6 is 11.8 Å². The molecular formula is C15H27NO2S. The normalized spacial score (nSPS) is 42.0. The molecule has 4 atom stereocenters. The molecule has 3 fully saturated rings. The van der Waals surface area contributed by atoms with Crippen LogP contribution < -0.4 is 0 Å². The van der Waals surface area contributed by atoms with Gasteiger partial charge < -0.3 is 9.84 Å². The largest absolute Gasteiger partial charge is 0.393 e. The third kappa shape index (κ3) is 3.12. The third-order valence-corrected chi connectivity index (χ3v) is 6.26. The van der Waals surface area contributed by atoms with E-state index in [2.05, 4.69) is 16.7 Å². The van der Waals surface area contributed by atoms with Gasteiger partial charge in [-0.1, -0.05) is 0 Å². The first-order chi connectivity index (χ1) is 9.19. The Balaban J connectivity index is 1.64. The molecule has 0 aromatic carbocycles. The molecule has 4 unspecified atom stereocenters. The quantitative estimate of drug-likeness (QED) is 0.862. The Kier molecular flexibility index (Phi) is 4.42. The van der Waals surface area contributed by atoms with Gasteiger partial charge in [-0.05, 0) is 57.7 Å².